The highest BCUT2D eigenvalue weighted by atomic mass is 16.5. The van der Waals surface area contributed by atoms with Crippen molar-refractivity contribution in [1.29, 1.82) is 0 Å². The van der Waals surface area contributed by atoms with Crippen LogP contribution in [0.5, 0.6) is 11.6 Å². The zero-order chi connectivity index (χ0) is 21.1. The molecule has 0 aliphatic heterocycles. The maximum absolute atomic E-state index is 13.0. The third-order valence-electron chi connectivity index (χ3n) is 4.94. The zero-order valence-electron chi connectivity index (χ0n) is 15.8. The number of hydrogen-bond donors (Lipinski definition) is 4. The first-order valence-corrected chi connectivity index (χ1v) is 9.02. The second-order valence-electron chi connectivity index (χ2n) is 6.91. The summed E-state index contributed by atoms with van der Waals surface area (Å²) in [5.74, 6) is -5.63. The van der Waals surface area contributed by atoms with Crippen LogP contribution in [-0.4, -0.2) is 50.9 Å². The van der Waals surface area contributed by atoms with Gasteiger partial charge in [-0.3, -0.25) is 19.0 Å². The minimum absolute atomic E-state index is 0.0908. The third-order valence-corrected chi connectivity index (χ3v) is 4.94. The summed E-state index contributed by atoms with van der Waals surface area (Å²) < 4.78 is 5.54. The minimum atomic E-state index is -1.69. The van der Waals surface area contributed by atoms with Crippen molar-refractivity contribution in [3.05, 3.63) is 21.5 Å². The number of carboxylic acids is 1. The number of ether oxygens (including phenoxy) is 1. The fraction of sp³-hybridized carbons (Fsp3) is 0.556. The number of carboxylic acid groups (broad SMARTS) is 1. The number of rotatable bonds is 6. The number of carbonyl (C=O) groups is 3. The van der Waals surface area contributed by atoms with E-state index < -0.39 is 58.2 Å². The summed E-state index contributed by atoms with van der Waals surface area (Å²) in [7, 11) is 0. The lowest BCUT2D eigenvalue weighted by molar-refractivity contribution is -0.141. The Morgan fingerprint density at radius 3 is 2.29 bits per heavy atom. The molecule has 1 aromatic rings. The molecule has 10 heteroatoms. The van der Waals surface area contributed by atoms with E-state index in [0.717, 1.165) is 23.8 Å². The summed E-state index contributed by atoms with van der Waals surface area (Å²) in [6, 6.07) is 0. The normalized spacial score (nSPS) is 15.6. The zero-order valence-corrected chi connectivity index (χ0v) is 15.8. The van der Waals surface area contributed by atoms with Gasteiger partial charge in [-0.2, -0.15) is 0 Å². The number of nitrogens with one attached hydrogen (secondary N) is 1. The molecule has 0 unspecified atom stereocenters. The predicted molar refractivity (Wildman–Crippen MR) is 96.7 cm³/mol. The largest absolute Gasteiger partial charge is 0.506 e. The molecule has 0 atom stereocenters. The van der Waals surface area contributed by atoms with Crippen LogP contribution in [0.25, 0.3) is 0 Å². The Bertz CT molecular complexity index is 852. The molecule has 154 valence electrons. The Morgan fingerprint density at radius 1 is 1.14 bits per heavy atom. The maximum Gasteiger partial charge on any atom is 0.345 e. The molecule has 1 aromatic heterocycles. The molecule has 1 heterocycles. The Kier molecular flexibility index (Phi) is 6.32. The quantitative estimate of drug-likeness (QED) is 0.518. The molecular weight excluding hydrogens is 372 g/mol. The van der Waals surface area contributed by atoms with Crippen molar-refractivity contribution in [1.82, 2.24) is 9.88 Å². The number of aromatic carboxylic acids is 1. The van der Waals surface area contributed by atoms with E-state index in [2.05, 4.69) is 10.1 Å². The van der Waals surface area contributed by atoms with E-state index in [0.29, 0.717) is 12.8 Å². The Balaban J connectivity index is 2.59. The van der Waals surface area contributed by atoms with Crippen molar-refractivity contribution in [3.8, 4) is 11.6 Å². The number of esters is 1. The highest BCUT2D eigenvalue weighted by Gasteiger charge is 2.38. The molecule has 1 saturated carbocycles. The van der Waals surface area contributed by atoms with Crippen LogP contribution in [0.4, 0.5) is 0 Å². The number of aromatic hydroxyl groups is 2. The lowest BCUT2D eigenvalue weighted by Crippen LogP contribution is -2.44. The average Bonchev–Trinajstić information content (AvgIpc) is 2.60. The topological polar surface area (TPSA) is 155 Å². The molecule has 1 aliphatic carbocycles. The molecule has 1 aliphatic rings. The molecule has 0 bridgehead atoms. The van der Waals surface area contributed by atoms with Crippen LogP contribution in [-0.2, 0) is 15.1 Å². The predicted octanol–water partition coefficient (Wildman–Crippen LogP) is 0.930. The van der Waals surface area contributed by atoms with E-state index in [4.69, 9.17) is 0 Å². The van der Waals surface area contributed by atoms with Crippen LogP contribution in [0.2, 0.25) is 0 Å². The highest BCUT2D eigenvalue weighted by Crippen LogP contribution is 2.39. The van der Waals surface area contributed by atoms with Gasteiger partial charge in [-0.05, 0) is 26.7 Å². The molecule has 1 amide bonds. The van der Waals surface area contributed by atoms with Crippen LogP contribution >= 0.6 is 0 Å². The lowest BCUT2D eigenvalue weighted by Gasteiger charge is -2.36. The van der Waals surface area contributed by atoms with E-state index in [1.54, 1.807) is 13.8 Å². The van der Waals surface area contributed by atoms with Crippen LogP contribution in [0.1, 0.15) is 66.7 Å². The molecular formula is C18H24N2O8. The van der Waals surface area contributed by atoms with Gasteiger partial charge in [-0.1, -0.05) is 19.3 Å². The molecule has 2 rings (SSSR count). The van der Waals surface area contributed by atoms with Crippen molar-refractivity contribution in [2.75, 3.05) is 13.2 Å². The van der Waals surface area contributed by atoms with Crippen LogP contribution < -0.4 is 10.9 Å². The van der Waals surface area contributed by atoms with Crippen molar-refractivity contribution >= 4 is 17.8 Å². The monoisotopic (exact) mass is 396 g/mol. The number of pyridine rings is 1. The van der Waals surface area contributed by atoms with E-state index >= 15 is 0 Å². The smallest absolute Gasteiger partial charge is 0.345 e. The summed E-state index contributed by atoms with van der Waals surface area (Å²) >= 11 is 0. The van der Waals surface area contributed by atoms with Crippen molar-refractivity contribution in [2.45, 2.75) is 51.5 Å². The second kappa shape index (κ2) is 8.32. The molecule has 0 radical (unpaired) electrons. The van der Waals surface area contributed by atoms with Gasteiger partial charge in [0.2, 0.25) is 5.88 Å². The number of amides is 1. The fourth-order valence-electron chi connectivity index (χ4n) is 3.54. The van der Waals surface area contributed by atoms with Gasteiger partial charge in [-0.15, -0.1) is 0 Å². The number of carbonyl (C=O) groups excluding carboxylic acids is 2. The van der Waals surface area contributed by atoms with Gasteiger partial charge in [0.05, 0.1) is 6.61 Å². The summed E-state index contributed by atoms with van der Waals surface area (Å²) in [4.78, 5) is 48.4. The van der Waals surface area contributed by atoms with Crippen LogP contribution in [0.15, 0.2) is 4.79 Å². The number of aromatic nitrogens is 1. The Labute approximate surface area is 160 Å². The van der Waals surface area contributed by atoms with Gasteiger partial charge in [0.25, 0.3) is 11.5 Å². The molecule has 28 heavy (non-hydrogen) atoms. The second-order valence-corrected chi connectivity index (χ2v) is 6.91. The standard InChI is InChI=1S/C18H24N2O8/c1-3-28-10(21)9-19-14(23)11-13(22)12(17(26)27)16(25)20(15(11)24)18(2)7-5-4-6-8-18/h22,25H,3-9H2,1-2H3,(H,19,23)(H,26,27). The lowest BCUT2D eigenvalue weighted by atomic mass is 9.82. The third kappa shape index (κ3) is 3.95. The number of hydrogen-bond acceptors (Lipinski definition) is 7. The highest BCUT2D eigenvalue weighted by molar-refractivity contribution is 6.03. The van der Waals surface area contributed by atoms with Crippen molar-refractivity contribution in [2.24, 2.45) is 0 Å². The average molecular weight is 396 g/mol. The van der Waals surface area contributed by atoms with Gasteiger partial charge in [0, 0.05) is 5.54 Å². The summed E-state index contributed by atoms with van der Waals surface area (Å²) in [6.07, 6.45) is 3.44. The summed E-state index contributed by atoms with van der Waals surface area (Å²) in [6.45, 7) is 2.80. The molecule has 0 spiro atoms. The molecule has 10 nitrogen and oxygen atoms in total. The van der Waals surface area contributed by atoms with E-state index in [1.165, 1.54) is 0 Å². The van der Waals surface area contributed by atoms with E-state index in [9.17, 15) is 34.5 Å². The maximum atomic E-state index is 13.0. The van der Waals surface area contributed by atoms with Gasteiger partial charge < -0.3 is 25.4 Å². The van der Waals surface area contributed by atoms with Gasteiger partial charge in [0.15, 0.2) is 11.3 Å². The van der Waals surface area contributed by atoms with Gasteiger partial charge in [-0.25, -0.2) is 4.79 Å². The molecule has 0 saturated heterocycles. The summed E-state index contributed by atoms with van der Waals surface area (Å²) in [5.41, 5.74) is -3.71. The fourth-order valence-corrected chi connectivity index (χ4v) is 3.54. The molecule has 4 N–H and O–H groups in total. The minimum Gasteiger partial charge on any atom is -0.506 e. The van der Waals surface area contributed by atoms with Gasteiger partial charge >= 0.3 is 11.9 Å². The molecule has 1 fully saturated rings. The first-order chi connectivity index (χ1) is 13.1. The van der Waals surface area contributed by atoms with Gasteiger partial charge in [0.1, 0.15) is 12.1 Å². The van der Waals surface area contributed by atoms with Crippen LogP contribution in [0, 0.1) is 0 Å². The van der Waals surface area contributed by atoms with Crippen molar-refractivity contribution < 1.29 is 34.4 Å². The van der Waals surface area contributed by atoms with Crippen molar-refractivity contribution in [3.63, 3.8) is 0 Å². The number of nitrogens with zero attached hydrogens (tertiary/aromatic N) is 1. The molecule has 0 aromatic carbocycles. The summed E-state index contributed by atoms with van der Waals surface area (Å²) in [5, 5.41) is 32.2. The SMILES string of the molecule is CCOC(=O)CNC(=O)c1c(O)c(C(=O)O)c(O)n(C2(C)CCCCC2)c1=O. The van der Waals surface area contributed by atoms with Crippen LogP contribution in [0.3, 0.4) is 0 Å². The Hall–Kier alpha value is -3.04. The first kappa shape index (κ1) is 21.3. The Morgan fingerprint density at radius 2 is 1.75 bits per heavy atom. The van der Waals surface area contributed by atoms with E-state index in [-0.39, 0.29) is 6.61 Å². The first-order valence-electron chi connectivity index (χ1n) is 9.02. The van der Waals surface area contributed by atoms with E-state index in [1.807, 2.05) is 0 Å².